The molecule has 34 heavy (non-hydrogen) atoms. The number of alkyl halides is 3. The molecule has 2 heterocycles. The lowest BCUT2D eigenvalue weighted by Crippen LogP contribution is -2.55. The first kappa shape index (κ1) is 25.6. The maximum Gasteiger partial charge on any atom is 0.416 e. The van der Waals surface area contributed by atoms with Gasteiger partial charge in [-0.25, -0.2) is 4.79 Å². The Morgan fingerprint density at radius 3 is 2.53 bits per heavy atom. The summed E-state index contributed by atoms with van der Waals surface area (Å²) in [4.78, 5) is 37.1. The zero-order valence-corrected chi connectivity index (χ0v) is 18.7. The Morgan fingerprint density at radius 2 is 1.85 bits per heavy atom. The highest BCUT2D eigenvalue weighted by molar-refractivity contribution is 7.14. The third kappa shape index (κ3) is 6.76. The van der Waals surface area contributed by atoms with Crippen LogP contribution < -0.4 is 27.0 Å². The van der Waals surface area contributed by atoms with Crippen molar-refractivity contribution in [2.75, 3.05) is 25.0 Å². The molecule has 1 aliphatic rings. The van der Waals surface area contributed by atoms with Crippen molar-refractivity contribution < 1.29 is 32.3 Å². The summed E-state index contributed by atoms with van der Waals surface area (Å²) in [5.74, 6) is -1.55. The highest BCUT2D eigenvalue weighted by atomic mass is 32.1. The van der Waals surface area contributed by atoms with Gasteiger partial charge in [-0.3, -0.25) is 14.9 Å². The molecule has 1 fully saturated rings. The molecule has 0 saturated carbocycles. The zero-order chi connectivity index (χ0) is 24.7. The number of thiophene rings is 1. The Balaban J connectivity index is 1.53. The average Bonchev–Trinajstić information content (AvgIpc) is 3.26. The Kier molecular flexibility index (Phi) is 8.61. The number of imide groups is 1. The molecule has 0 unspecified atom stereocenters. The first-order valence-electron chi connectivity index (χ1n) is 10.4. The maximum atomic E-state index is 13.0. The van der Waals surface area contributed by atoms with Gasteiger partial charge in [0.1, 0.15) is 11.6 Å². The van der Waals surface area contributed by atoms with Crippen LogP contribution >= 0.6 is 11.3 Å². The third-order valence-corrected chi connectivity index (χ3v) is 5.92. The van der Waals surface area contributed by atoms with Crippen molar-refractivity contribution in [1.29, 1.82) is 0 Å². The molecule has 13 heteroatoms. The van der Waals surface area contributed by atoms with Gasteiger partial charge in [0.25, 0.3) is 5.91 Å². The molecule has 0 bridgehead atoms. The van der Waals surface area contributed by atoms with E-state index < -0.39 is 30.3 Å². The fourth-order valence-electron chi connectivity index (χ4n) is 3.33. The molecular formula is C21H24F3N5O4S. The lowest BCUT2D eigenvalue weighted by atomic mass is 10.1. The number of nitrogens with two attached hydrogens (primary N) is 1. The van der Waals surface area contributed by atoms with Gasteiger partial charge in [0, 0.05) is 18.7 Å². The summed E-state index contributed by atoms with van der Waals surface area (Å²) in [6, 6.07) is 6.07. The number of rotatable bonds is 7. The van der Waals surface area contributed by atoms with Crippen LogP contribution in [0, 0.1) is 5.92 Å². The average molecular weight is 500 g/mol. The van der Waals surface area contributed by atoms with Gasteiger partial charge < -0.3 is 26.4 Å². The molecule has 1 saturated heterocycles. The molecule has 0 atom stereocenters. The van der Waals surface area contributed by atoms with Gasteiger partial charge in [0.2, 0.25) is 5.91 Å². The number of anilines is 1. The van der Waals surface area contributed by atoms with Crippen molar-refractivity contribution in [2.24, 2.45) is 11.7 Å². The van der Waals surface area contributed by atoms with Crippen LogP contribution in [0.25, 0.3) is 0 Å². The minimum atomic E-state index is -4.61. The predicted octanol–water partition coefficient (Wildman–Crippen LogP) is 2.26. The zero-order valence-electron chi connectivity index (χ0n) is 17.9. The molecule has 0 radical (unpaired) electrons. The number of amides is 3. The number of halogens is 3. The van der Waals surface area contributed by atoms with Gasteiger partial charge in [-0.05, 0) is 30.5 Å². The second-order valence-corrected chi connectivity index (χ2v) is 8.40. The van der Waals surface area contributed by atoms with Crippen LogP contribution in [0.3, 0.4) is 0 Å². The van der Waals surface area contributed by atoms with E-state index in [4.69, 9.17) is 10.5 Å². The molecule has 6 N–H and O–H groups in total. The second kappa shape index (κ2) is 11.4. The largest absolute Gasteiger partial charge is 0.444 e. The van der Waals surface area contributed by atoms with Gasteiger partial charge >= 0.3 is 12.3 Å². The number of alkyl carbamates (subject to hydrolysis) is 1. The summed E-state index contributed by atoms with van der Waals surface area (Å²) in [6.07, 6.45) is -5.06. The second-order valence-electron chi connectivity index (χ2n) is 7.48. The fraction of sp³-hybridized carbons (Fsp3) is 0.381. The normalized spacial score (nSPS) is 18.2. The van der Waals surface area contributed by atoms with Crippen molar-refractivity contribution in [2.45, 2.75) is 25.4 Å². The van der Waals surface area contributed by atoms with E-state index in [1.54, 1.807) is 5.38 Å². The predicted molar refractivity (Wildman–Crippen MR) is 119 cm³/mol. The van der Waals surface area contributed by atoms with E-state index in [1.165, 1.54) is 24.3 Å². The number of carbonyl (C=O) groups is 3. The standard InChI is InChI=1S/C21H24F3N5O4S/c22-21(23,24)15-4-2-1-3-12(15)11-33-20(32)29-18(31)14-6-8-34-19(14)28-17(30)13-9-26-16(5-7-25)27-10-13/h1-4,6,8,13,16,26-27H,5,7,9-11,25H2,(H,28,30)(H,29,31,32). The summed E-state index contributed by atoms with van der Waals surface area (Å²) in [6.45, 7) is 0.700. The summed E-state index contributed by atoms with van der Waals surface area (Å²) in [5.41, 5.74) is 4.38. The molecule has 3 rings (SSSR count). The summed E-state index contributed by atoms with van der Waals surface area (Å²) in [5, 5.41) is 12.8. The number of ether oxygens (including phenoxy) is 1. The number of nitrogens with one attached hydrogen (secondary N) is 4. The molecular weight excluding hydrogens is 475 g/mol. The van der Waals surface area contributed by atoms with E-state index >= 15 is 0 Å². The number of carbonyl (C=O) groups excluding carboxylic acids is 3. The highest BCUT2D eigenvalue weighted by Crippen LogP contribution is 2.32. The first-order valence-corrected chi connectivity index (χ1v) is 11.3. The van der Waals surface area contributed by atoms with Crippen molar-refractivity contribution in [1.82, 2.24) is 16.0 Å². The molecule has 0 spiro atoms. The van der Waals surface area contributed by atoms with E-state index in [2.05, 4.69) is 16.0 Å². The van der Waals surface area contributed by atoms with Crippen LogP contribution in [0.15, 0.2) is 35.7 Å². The van der Waals surface area contributed by atoms with Crippen molar-refractivity contribution in [3.05, 3.63) is 52.4 Å². The summed E-state index contributed by atoms with van der Waals surface area (Å²) in [7, 11) is 0. The summed E-state index contributed by atoms with van der Waals surface area (Å²) >= 11 is 1.09. The lowest BCUT2D eigenvalue weighted by molar-refractivity contribution is -0.138. The Hall–Kier alpha value is -3.00. The van der Waals surface area contributed by atoms with Crippen LogP contribution in [-0.4, -0.2) is 43.7 Å². The lowest BCUT2D eigenvalue weighted by Gasteiger charge is -2.30. The smallest absolute Gasteiger partial charge is 0.416 e. The fourth-order valence-corrected chi connectivity index (χ4v) is 4.12. The van der Waals surface area contributed by atoms with Gasteiger partial charge in [-0.1, -0.05) is 18.2 Å². The van der Waals surface area contributed by atoms with E-state index in [9.17, 15) is 27.6 Å². The third-order valence-electron chi connectivity index (χ3n) is 5.09. The highest BCUT2D eigenvalue weighted by Gasteiger charge is 2.33. The van der Waals surface area contributed by atoms with Gasteiger partial charge in [-0.2, -0.15) is 13.2 Å². The Morgan fingerprint density at radius 1 is 1.15 bits per heavy atom. The first-order chi connectivity index (χ1) is 16.2. The SMILES string of the molecule is NCCC1NCC(C(=O)Nc2sccc2C(=O)NC(=O)OCc2ccccc2C(F)(F)F)CN1. The number of hydrogen-bond donors (Lipinski definition) is 5. The number of benzene rings is 1. The molecule has 1 aromatic carbocycles. The Bertz CT molecular complexity index is 1020. The van der Waals surface area contributed by atoms with Crippen LogP contribution in [0.5, 0.6) is 0 Å². The molecule has 0 aliphatic carbocycles. The van der Waals surface area contributed by atoms with Gasteiger partial charge in [-0.15, -0.1) is 11.3 Å². The monoisotopic (exact) mass is 499 g/mol. The number of hydrogen-bond acceptors (Lipinski definition) is 8. The molecule has 1 aromatic heterocycles. The van der Waals surface area contributed by atoms with Crippen molar-refractivity contribution in [3.63, 3.8) is 0 Å². The van der Waals surface area contributed by atoms with Crippen molar-refractivity contribution in [3.8, 4) is 0 Å². The quantitative estimate of drug-likeness (QED) is 0.394. The molecule has 1 aliphatic heterocycles. The molecule has 184 valence electrons. The van der Waals surface area contributed by atoms with Gasteiger partial charge in [0.15, 0.2) is 0 Å². The van der Waals surface area contributed by atoms with Crippen LogP contribution in [0.4, 0.5) is 23.0 Å². The molecule has 9 nitrogen and oxygen atoms in total. The molecule has 3 amide bonds. The van der Waals surface area contributed by atoms with E-state index in [-0.39, 0.29) is 34.1 Å². The minimum absolute atomic E-state index is 0.0312. The van der Waals surface area contributed by atoms with Gasteiger partial charge in [0.05, 0.1) is 23.2 Å². The maximum absolute atomic E-state index is 13.0. The van der Waals surface area contributed by atoms with Crippen molar-refractivity contribution >= 4 is 34.2 Å². The van der Waals surface area contributed by atoms with Crippen LogP contribution in [-0.2, 0) is 22.3 Å². The topological polar surface area (TPSA) is 135 Å². The van der Waals surface area contributed by atoms with E-state index in [0.29, 0.717) is 19.6 Å². The van der Waals surface area contributed by atoms with E-state index in [1.807, 2.05) is 5.32 Å². The van der Waals surface area contributed by atoms with Crippen LogP contribution in [0.2, 0.25) is 0 Å². The molecule has 2 aromatic rings. The Labute approximate surface area is 197 Å². The summed E-state index contributed by atoms with van der Waals surface area (Å²) < 4.78 is 43.9. The van der Waals surface area contributed by atoms with E-state index in [0.717, 1.165) is 23.8 Å². The minimum Gasteiger partial charge on any atom is -0.444 e. The van der Waals surface area contributed by atoms with Crippen LogP contribution in [0.1, 0.15) is 27.9 Å².